The molecule has 1 atom stereocenters. The van der Waals surface area contributed by atoms with Crippen LogP contribution in [-0.2, 0) is 28.5 Å². The summed E-state index contributed by atoms with van der Waals surface area (Å²) < 4.78 is 30.0. The van der Waals surface area contributed by atoms with Gasteiger partial charge in [-0.05, 0) is 19.3 Å². The number of carboxylic acid groups (broad SMARTS) is 1. The number of nitrogens with zero attached hydrogens (tertiary/aromatic N) is 3. The number of nitrogens with one attached hydrogen (secondary N) is 1. The Balaban J connectivity index is 2.16. The number of rotatable bonds is 5. The lowest BCUT2D eigenvalue weighted by Crippen LogP contribution is -2.44. The van der Waals surface area contributed by atoms with Crippen molar-refractivity contribution >= 4 is 21.9 Å². The predicted molar refractivity (Wildman–Crippen MR) is 77.1 cm³/mol. The first-order valence-electron chi connectivity index (χ1n) is 6.86. The van der Waals surface area contributed by atoms with Crippen LogP contribution in [0.15, 0.2) is 6.20 Å². The van der Waals surface area contributed by atoms with Crippen LogP contribution in [0.25, 0.3) is 0 Å². The number of hydrogen-bond acceptors (Lipinski definition) is 4. The Morgan fingerprint density at radius 2 is 2.29 bits per heavy atom. The molecule has 0 saturated carbocycles. The Morgan fingerprint density at radius 1 is 1.57 bits per heavy atom. The number of aliphatic carboxylic acids is 1. The lowest BCUT2D eigenvalue weighted by molar-refractivity contribution is -0.142. The molecule has 8 nitrogen and oxygen atoms in total. The van der Waals surface area contributed by atoms with Crippen molar-refractivity contribution in [3.63, 3.8) is 0 Å². The van der Waals surface area contributed by atoms with Gasteiger partial charge in [-0.15, -0.1) is 0 Å². The summed E-state index contributed by atoms with van der Waals surface area (Å²) in [6.07, 6.45) is 3.27. The molecule has 1 unspecified atom stereocenters. The maximum absolute atomic E-state index is 12.4. The summed E-state index contributed by atoms with van der Waals surface area (Å²) in [5, 5.41) is 13.2. The lowest BCUT2D eigenvalue weighted by atomic mass is 10.0. The Labute approximate surface area is 123 Å². The van der Waals surface area contributed by atoms with Gasteiger partial charge in [-0.25, -0.2) is 0 Å². The largest absolute Gasteiger partial charge is 0.481 e. The highest BCUT2D eigenvalue weighted by molar-refractivity contribution is 7.90. The monoisotopic (exact) mass is 316 g/mol. The molecule has 1 aromatic heterocycles. The molecule has 1 saturated heterocycles. The van der Waals surface area contributed by atoms with E-state index in [-0.39, 0.29) is 6.54 Å². The molecule has 0 spiro atoms. The van der Waals surface area contributed by atoms with Crippen LogP contribution in [0, 0.1) is 5.92 Å². The molecule has 2 N–H and O–H groups in total. The molecule has 9 heteroatoms. The first-order valence-corrected chi connectivity index (χ1v) is 8.30. The van der Waals surface area contributed by atoms with E-state index in [9.17, 15) is 13.2 Å². The van der Waals surface area contributed by atoms with Gasteiger partial charge in [0.15, 0.2) is 0 Å². The number of aromatic nitrogens is 2. The van der Waals surface area contributed by atoms with E-state index in [1.54, 1.807) is 17.9 Å². The Bertz CT molecular complexity index is 625. The summed E-state index contributed by atoms with van der Waals surface area (Å²) >= 11 is 0. The molecule has 1 aromatic rings. The first-order chi connectivity index (χ1) is 9.83. The molecule has 0 aliphatic carbocycles. The molecule has 2 heterocycles. The van der Waals surface area contributed by atoms with Crippen molar-refractivity contribution in [1.29, 1.82) is 0 Å². The first kappa shape index (κ1) is 15.8. The molecular weight excluding hydrogens is 296 g/mol. The summed E-state index contributed by atoms with van der Waals surface area (Å²) in [5.41, 5.74) is 1.10. The van der Waals surface area contributed by atoms with Crippen molar-refractivity contribution in [1.82, 2.24) is 14.1 Å². The van der Waals surface area contributed by atoms with Gasteiger partial charge in [0.25, 0.3) is 0 Å². The van der Waals surface area contributed by atoms with E-state index < -0.39 is 22.1 Å². The van der Waals surface area contributed by atoms with Gasteiger partial charge in [0.2, 0.25) is 0 Å². The quantitative estimate of drug-likeness (QED) is 0.820. The summed E-state index contributed by atoms with van der Waals surface area (Å²) in [6.45, 7) is 2.23. The Morgan fingerprint density at radius 3 is 2.90 bits per heavy atom. The smallest absolute Gasteiger partial charge is 0.307 e. The van der Waals surface area contributed by atoms with Crippen molar-refractivity contribution in [2.75, 3.05) is 17.8 Å². The van der Waals surface area contributed by atoms with Crippen LogP contribution in [-0.4, -0.2) is 46.7 Å². The Hall–Kier alpha value is -1.61. The van der Waals surface area contributed by atoms with E-state index in [0.717, 1.165) is 0 Å². The van der Waals surface area contributed by atoms with Crippen molar-refractivity contribution < 1.29 is 18.3 Å². The lowest BCUT2D eigenvalue weighted by Gasteiger charge is -2.29. The fourth-order valence-electron chi connectivity index (χ4n) is 2.45. The molecule has 2 rings (SSSR count). The second-order valence-corrected chi connectivity index (χ2v) is 6.83. The third-order valence-corrected chi connectivity index (χ3v) is 5.04. The molecule has 0 amide bonds. The topological polar surface area (TPSA) is 105 Å². The maximum atomic E-state index is 12.4. The molecule has 0 bridgehead atoms. The van der Waals surface area contributed by atoms with Crippen LogP contribution in [0.2, 0.25) is 0 Å². The summed E-state index contributed by atoms with van der Waals surface area (Å²) in [7, 11) is -2.03. The van der Waals surface area contributed by atoms with Gasteiger partial charge in [0, 0.05) is 26.3 Å². The predicted octanol–water partition coefficient (Wildman–Crippen LogP) is 0.436. The summed E-state index contributed by atoms with van der Waals surface area (Å²) in [6, 6.07) is 0. The zero-order chi connectivity index (χ0) is 15.6. The van der Waals surface area contributed by atoms with Gasteiger partial charge in [0.05, 0.1) is 17.3 Å². The van der Waals surface area contributed by atoms with Crippen LogP contribution in [0.4, 0.5) is 5.69 Å². The molecule has 1 fully saturated rings. The van der Waals surface area contributed by atoms with Gasteiger partial charge < -0.3 is 5.11 Å². The van der Waals surface area contributed by atoms with Crippen molar-refractivity contribution in [2.24, 2.45) is 13.0 Å². The number of carbonyl (C=O) groups is 1. The normalized spacial score (nSPS) is 20.4. The van der Waals surface area contributed by atoms with E-state index in [0.29, 0.717) is 37.2 Å². The minimum atomic E-state index is -3.76. The van der Waals surface area contributed by atoms with E-state index in [1.165, 1.54) is 4.31 Å². The van der Waals surface area contributed by atoms with Gasteiger partial charge in [-0.1, -0.05) is 6.92 Å². The molecule has 1 aliphatic heterocycles. The van der Waals surface area contributed by atoms with E-state index in [2.05, 4.69) is 9.82 Å². The fraction of sp³-hybridized carbons (Fsp3) is 0.667. The summed E-state index contributed by atoms with van der Waals surface area (Å²) in [4.78, 5) is 11.0. The number of carboxylic acids is 1. The zero-order valence-corrected chi connectivity index (χ0v) is 12.9. The summed E-state index contributed by atoms with van der Waals surface area (Å²) in [5.74, 6) is -1.60. The highest BCUT2D eigenvalue weighted by Gasteiger charge is 2.32. The second-order valence-electron chi connectivity index (χ2n) is 5.16. The van der Waals surface area contributed by atoms with Crippen LogP contribution in [0.5, 0.6) is 0 Å². The molecule has 21 heavy (non-hydrogen) atoms. The molecule has 0 radical (unpaired) electrons. The minimum absolute atomic E-state index is 0.00634. The Kier molecular flexibility index (Phi) is 4.52. The number of piperidine rings is 1. The van der Waals surface area contributed by atoms with E-state index in [1.807, 2.05) is 6.92 Å². The standard InChI is InChI=1S/C12H20N4O4S/c1-3-10-11(8-15(2)13-10)14-21(19,20)16-6-4-5-9(7-16)12(17)18/h8-9,14H,3-7H2,1-2H3,(H,17,18). The maximum Gasteiger partial charge on any atom is 0.307 e. The average Bonchev–Trinajstić information content (AvgIpc) is 2.78. The minimum Gasteiger partial charge on any atom is -0.481 e. The molecule has 0 aromatic carbocycles. The third-order valence-electron chi connectivity index (χ3n) is 3.55. The van der Waals surface area contributed by atoms with Crippen LogP contribution >= 0.6 is 0 Å². The number of aryl methyl sites for hydroxylation is 2. The van der Waals surface area contributed by atoms with Crippen LogP contribution in [0.3, 0.4) is 0 Å². The average molecular weight is 316 g/mol. The number of anilines is 1. The highest BCUT2D eigenvalue weighted by Crippen LogP contribution is 2.22. The van der Waals surface area contributed by atoms with Crippen LogP contribution in [0.1, 0.15) is 25.5 Å². The highest BCUT2D eigenvalue weighted by atomic mass is 32.2. The fourth-order valence-corrected chi connectivity index (χ4v) is 3.77. The second kappa shape index (κ2) is 6.02. The molecular formula is C12H20N4O4S. The van der Waals surface area contributed by atoms with E-state index >= 15 is 0 Å². The molecule has 118 valence electrons. The van der Waals surface area contributed by atoms with Gasteiger partial charge >= 0.3 is 16.2 Å². The van der Waals surface area contributed by atoms with Gasteiger partial charge in [-0.2, -0.15) is 17.8 Å². The van der Waals surface area contributed by atoms with E-state index in [4.69, 9.17) is 5.11 Å². The molecule has 1 aliphatic rings. The number of hydrogen-bond donors (Lipinski definition) is 2. The van der Waals surface area contributed by atoms with Gasteiger partial charge in [-0.3, -0.25) is 14.2 Å². The van der Waals surface area contributed by atoms with Crippen molar-refractivity contribution in [3.8, 4) is 0 Å². The third kappa shape index (κ3) is 3.53. The zero-order valence-electron chi connectivity index (χ0n) is 12.1. The van der Waals surface area contributed by atoms with Gasteiger partial charge in [0.1, 0.15) is 0 Å². The van der Waals surface area contributed by atoms with Crippen molar-refractivity contribution in [2.45, 2.75) is 26.2 Å². The van der Waals surface area contributed by atoms with Crippen LogP contribution < -0.4 is 4.72 Å². The van der Waals surface area contributed by atoms with Crippen molar-refractivity contribution in [3.05, 3.63) is 11.9 Å². The SMILES string of the molecule is CCc1nn(C)cc1NS(=O)(=O)N1CCCC(C(=O)O)C1.